The van der Waals surface area contributed by atoms with Gasteiger partial charge in [-0.25, -0.2) is 0 Å². The highest BCUT2D eigenvalue weighted by Crippen LogP contribution is 2.24. The highest BCUT2D eigenvalue weighted by atomic mass is 79.9. The van der Waals surface area contributed by atoms with Crippen LogP contribution in [0.5, 0.6) is 0 Å². The number of hydrogen-bond donors (Lipinski definition) is 1. The second-order valence-corrected chi connectivity index (χ2v) is 5.96. The van der Waals surface area contributed by atoms with E-state index in [9.17, 15) is 0 Å². The van der Waals surface area contributed by atoms with E-state index in [1.165, 1.54) is 5.56 Å². The third kappa shape index (κ3) is 4.90. The Hall–Kier alpha value is -0.380. The molecule has 0 saturated carbocycles. The van der Waals surface area contributed by atoms with Crippen molar-refractivity contribution in [3.8, 4) is 0 Å². The minimum atomic E-state index is -0.118. The van der Waals surface area contributed by atoms with Crippen LogP contribution in [0.1, 0.15) is 39.7 Å². The van der Waals surface area contributed by atoms with Crippen LogP contribution in [0, 0.1) is 0 Å². The normalized spacial score (nSPS) is 16.1. The lowest BCUT2D eigenvalue weighted by atomic mass is 9.88. The zero-order valence-corrected chi connectivity index (χ0v) is 14.1. The van der Waals surface area contributed by atoms with Crippen molar-refractivity contribution in [2.45, 2.75) is 52.2 Å². The van der Waals surface area contributed by atoms with Gasteiger partial charge in [0.25, 0.3) is 0 Å². The molecular weight excluding hydrogens is 302 g/mol. The number of nitrogens with one attached hydrogen (secondary N) is 1. The molecule has 1 aromatic carbocycles. The molecule has 1 N–H and O–H groups in total. The first-order valence-corrected chi connectivity index (χ1v) is 7.96. The molecule has 0 aliphatic heterocycles. The van der Waals surface area contributed by atoms with Crippen molar-refractivity contribution in [3.05, 3.63) is 34.3 Å². The van der Waals surface area contributed by atoms with Crippen LogP contribution in [0.25, 0.3) is 0 Å². The molecule has 19 heavy (non-hydrogen) atoms. The van der Waals surface area contributed by atoms with Crippen LogP contribution >= 0.6 is 15.9 Å². The molecule has 0 spiro atoms. The fourth-order valence-electron chi connectivity index (χ4n) is 2.43. The number of hydrogen-bond acceptors (Lipinski definition) is 2. The molecule has 1 aromatic rings. The third-order valence-corrected chi connectivity index (χ3v) is 4.19. The zero-order chi connectivity index (χ0) is 14.3. The summed E-state index contributed by atoms with van der Waals surface area (Å²) in [6.07, 6.45) is 1.99. The largest absolute Gasteiger partial charge is 0.374 e. The van der Waals surface area contributed by atoms with E-state index in [1.54, 1.807) is 0 Å². The Bertz CT molecular complexity index is 383. The molecule has 2 nitrogen and oxygen atoms in total. The standard InChI is InChI=1S/C16H26BrNO/c1-5-16(4,19-7-3)15(18-6-2)12-13-9-8-10-14(17)11-13/h8-11,15,18H,5-7,12H2,1-4H3. The van der Waals surface area contributed by atoms with Crippen molar-refractivity contribution in [1.29, 1.82) is 0 Å². The van der Waals surface area contributed by atoms with E-state index < -0.39 is 0 Å². The van der Waals surface area contributed by atoms with Crippen molar-refractivity contribution in [2.75, 3.05) is 13.2 Å². The maximum absolute atomic E-state index is 6.02. The molecule has 2 atom stereocenters. The molecule has 2 unspecified atom stereocenters. The van der Waals surface area contributed by atoms with E-state index in [1.807, 2.05) is 0 Å². The molecule has 0 fully saturated rings. The molecule has 0 aliphatic carbocycles. The molecule has 1 rings (SSSR count). The summed E-state index contributed by atoms with van der Waals surface area (Å²) >= 11 is 3.54. The number of benzene rings is 1. The average molecular weight is 328 g/mol. The number of likely N-dealkylation sites (N-methyl/N-ethyl adjacent to an activating group) is 1. The highest BCUT2D eigenvalue weighted by Gasteiger charge is 2.32. The second-order valence-electron chi connectivity index (χ2n) is 5.04. The Morgan fingerprint density at radius 1 is 1.32 bits per heavy atom. The topological polar surface area (TPSA) is 21.3 Å². The predicted octanol–water partition coefficient (Wildman–Crippen LogP) is 4.17. The summed E-state index contributed by atoms with van der Waals surface area (Å²) in [5, 5.41) is 3.59. The Balaban J connectivity index is 2.87. The monoisotopic (exact) mass is 327 g/mol. The smallest absolute Gasteiger partial charge is 0.0807 e. The summed E-state index contributed by atoms with van der Waals surface area (Å²) in [5.41, 5.74) is 1.22. The van der Waals surface area contributed by atoms with Crippen molar-refractivity contribution < 1.29 is 4.74 Å². The second kappa shape index (κ2) is 8.03. The fraction of sp³-hybridized carbons (Fsp3) is 0.625. The first kappa shape index (κ1) is 16.7. The lowest BCUT2D eigenvalue weighted by molar-refractivity contribution is -0.0546. The van der Waals surface area contributed by atoms with E-state index in [0.717, 1.165) is 30.5 Å². The van der Waals surface area contributed by atoms with Gasteiger partial charge in [-0.2, -0.15) is 0 Å². The van der Waals surface area contributed by atoms with Crippen LogP contribution in [0.3, 0.4) is 0 Å². The van der Waals surface area contributed by atoms with Crippen LogP contribution in [0.4, 0.5) is 0 Å². The molecule has 0 heterocycles. The molecule has 3 heteroatoms. The summed E-state index contributed by atoms with van der Waals surface area (Å²) in [4.78, 5) is 0. The third-order valence-electron chi connectivity index (χ3n) is 3.69. The van der Waals surface area contributed by atoms with Crippen LogP contribution < -0.4 is 5.32 Å². The van der Waals surface area contributed by atoms with E-state index in [0.29, 0.717) is 6.04 Å². The minimum Gasteiger partial charge on any atom is -0.374 e. The van der Waals surface area contributed by atoms with Crippen LogP contribution in [0.2, 0.25) is 0 Å². The van der Waals surface area contributed by atoms with Crippen LogP contribution in [0.15, 0.2) is 28.7 Å². The maximum atomic E-state index is 6.02. The van der Waals surface area contributed by atoms with E-state index >= 15 is 0 Å². The highest BCUT2D eigenvalue weighted by molar-refractivity contribution is 9.10. The Labute approximate surface area is 126 Å². The average Bonchev–Trinajstić information content (AvgIpc) is 2.38. The lowest BCUT2D eigenvalue weighted by Gasteiger charge is -2.37. The summed E-state index contributed by atoms with van der Waals surface area (Å²) in [6.45, 7) is 10.3. The van der Waals surface area contributed by atoms with Gasteiger partial charge in [0.2, 0.25) is 0 Å². The molecule has 0 amide bonds. The SMILES string of the molecule is CCNC(Cc1cccc(Br)c1)C(C)(CC)OCC. The van der Waals surface area contributed by atoms with Crippen LogP contribution in [-0.4, -0.2) is 24.8 Å². The van der Waals surface area contributed by atoms with E-state index in [-0.39, 0.29) is 5.60 Å². The van der Waals surface area contributed by atoms with Crippen molar-refractivity contribution in [2.24, 2.45) is 0 Å². The van der Waals surface area contributed by atoms with Gasteiger partial charge < -0.3 is 10.1 Å². The molecule has 0 bridgehead atoms. The Kier molecular flexibility index (Phi) is 7.05. The number of rotatable bonds is 8. The van der Waals surface area contributed by atoms with Gasteiger partial charge >= 0.3 is 0 Å². The number of ether oxygens (including phenoxy) is 1. The molecule has 108 valence electrons. The molecule has 0 radical (unpaired) electrons. The predicted molar refractivity (Wildman–Crippen MR) is 85.6 cm³/mol. The first-order chi connectivity index (χ1) is 9.05. The Morgan fingerprint density at radius 2 is 2.05 bits per heavy atom. The van der Waals surface area contributed by atoms with Gasteiger partial charge in [0.05, 0.1) is 5.60 Å². The van der Waals surface area contributed by atoms with Gasteiger partial charge in [0.15, 0.2) is 0 Å². The van der Waals surface area contributed by atoms with E-state index in [4.69, 9.17) is 4.74 Å². The van der Waals surface area contributed by atoms with Crippen molar-refractivity contribution in [3.63, 3.8) is 0 Å². The first-order valence-electron chi connectivity index (χ1n) is 7.17. The minimum absolute atomic E-state index is 0.118. The summed E-state index contributed by atoms with van der Waals surface area (Å²) in [7, 11) is 0. The summed E-state index contributed by atoms with van der Waals surface area (Å²) in [6, 6.07) is 8.85. The summed E-state index contributed by atoms with van der Waals surface area (Å²) in [5.74, 6) is 0. The maximum Gasteiger partial charge on any atom is 0.0807 e. The fourth-order valence-corrected chi connectivity index (χ4v) is 2.88. The Morgan fingerprint density at radius 3 is 2.58 bits per heavy atom. The van der Waals surface area contributed by atoms with Crippen LogP contribution in [-0.2, 0) is 11.2 Å². The van der Waals surface area contributed by atoms with Gasteiger partial charge in [0, 0.05) is 17.1 Å². The van der Waals surface area contributed by atoms with Crippen molar-refractivity contribution >= 4 is 15.9 Å². The lowest BCUT2D eigenvalue weighted by Crippen LogP contribution is -2.51. The molecule has 0 aromatic heterocycles. The summed E-state index contributed by atoms with van der Waals surface area (Å²) < 4.78 is 7.16. The molecule has 0 aliphatic rings. The number of halogens is 1. The molecule has 0 saturated heterocycles. The van der Waals surface area contributed by atoms with E-state index in [2.05, 4.69) is 73.2 Å². The zero-order valence-electron chi connectivity index (χ0n) is 12.5. The van der Waals surface area contributed by atoms with Gasteiger partial charge in [0.1, 0.15) is 0 Å². The van der Waals surface area contributed by atoms with Gasteiger partial charge in [-0.3, -0.25) is 0 Å². The van der Waals surface area contributed by atoms with Crippen molar-refractivity contribution in [1.82, 2.24) is 5.32 Å². The molecular formula is C16H26BrNO. The van der Waals surface area contributed by atoms with Gasteiger partial charge in [-0.05, 0) is 50.9 Å². The van der Waals surface area contributed by atoms with Gasteiger partial charge in [-0.15, -0.1) is 0 Å². The quantitative estimate of drug-likeness (QED) is 0.773. The van der Waals surface area contributed by atoms with Gasteiger partial charge in [-0.1, -0.05) is 41.9 Å².